The van der Waals surface area contributed by atoms with E-state index in [0.717, 1.165) is 53.5 Å². The van der Waals surface area contributed by atoms with Gasteiger partial charge in [-0.3, -0.25) is 4.90 Å². The Morgan fingerprint density at radius 1 is 0.956 bits per heavy atom. The van der Waals surface area contributed by atoms with E-state index in [1.165, 1.54) is 0 Å². The summed E-state index contributed by atoms with van der Waals surface area (Å²) in [7, 11) is 4.84. The number of benzene rings is 2. The molecular formula is C34H40N6O5. The van der Waals surface area contributed by atoms with Crippen LogP contribution in [0.4, 0.5) is 33.6 Å². The first-order valence-electron chi connectivity index (χ1n) is 15.1. The van der Waals surface area contributed by atoms with Crippen LogP contribution in [0.2, 0.25) is 0 Å². The molecule has 1 fully saturated rings. The van der Waals surface area contributed by atoms with Crippen molar-refractivity contribution < 1.29 is 23.7 Å². The molecule has 0 saturated carbocycles. The van der Waals surface area contributed by atoms with Gasteiger partial charge in [0.15, 0.2) is 5.82 Å². The molecule has 3 heterocycles. The number of ether oxygens (including phenoxy) is 4. The number of morpholine rings is 1. The van der Waals surface area contributed by atoms with Crippen LogP contribution in [0, 0.1) is 5.41 Å². The van der Waals surface area contributed by atoms with Gasteiger partial charge in [-0.25, -0.2) is 14.7 Å². The molecule has 1 aromatic heterocycles. The monoisotopic (exact) mass is 612 g/mol. The predicted molar refractivity (Wildman–Crippen MR) is 174 cm³/mol. The zero-order chi connectivity index (χ0) is 31.7. The van der Waals surface area contributed by atoms with E-state index >= 15 is 0 Å². The van der Waals surface area contributed by atoms with Gasteiger partial charge in [-0.2, -0.15) is 4.98 Å². The number of anilines is 5. The van der Waals surface area contributed by atoms with Crippen LogP contribution in [0.1, 0.15) is 32.8 Å². The number of hydrogen-bond donors (Lipinski definition) is 1. The van der Waals surface area contributed by atoms with Gasteiger partial charge in [0, 0.05) is 53.8 Å². The van der Waals surface area contributed by atoms with Gasteiger partial charge in [0.2, 0.25) is 5.95 Å². The Kier molecular flexibility index (Phi) is 8.28. The van der Waals surface area contributed by atoms with E-state index < -0.39 is 0 Å². The van der Waals surface area contributed by atoms with E-state index in [-0.39, 0.29) is 11.4 Å². The number of nitrogens with one attached hydrogen (secondary N) is 1. The largest absolute Gasteiger partial charge is 0.497 e. The highest BCUT2D eigenvalue weighted by Crippen LogP contribution is 2.46. The zero-order valence-corrected chi connectivity index (χ0v) is 26.7. The number of hydrogen-bond acceptors (Lipinski definition) is 9. The molecule has 0 bridgehead atoms. The molecule has 11 nitrogen and oxygen atoms in total. The summed E-state index contributed by atoms with van der Waals surface area (Å²) in [6, 6.07) is 11.1. The molecule has 0 spiro atoms. The number of fused-ring (bicyclic) bond motifs is 1. The van der Waals surface area contributed by atoms with Crippen LogP contribution in [0.15, 0.2) is 66.0 Å². The summed E-state index contributed by atoms with van der Waals surface area (Å²) in [5.41, 5.74) is 4.92. The molecule has 1 saturated heterocycles. The van der Waals surface area contributed by atoms with E-state index in [1.54, 1.807) is 38.5 Å². The number of methoxy groups -OCH3 is 3. The first kappa shape index (κ1) is 30.3. The van der Waals surface area contributed by atoms with Gasteiger partial charge in [0.1, 0.15) is 17.2 Å². The molecule has 0 unspecified atom stereocenters. The van der Waals surface area contributed by atoms with E-state index in [0.29, 0.717) is 48.7 Å². The van der Waals surface area contributed by atoms with Crippen LogP contribution in [0.3, 0.4) is 0 Å². The Bertz CT molecular complexity index is 1660. The maximum absolute atomic E-state index is 14.6. The van der Waals surface area contributed by atoms with E-state index in [4.69, 9.17) is 23.9 Å². The van der Waals surface area contributed by atoms with Crippen molar-refractivity contribution in [2.45, 2.75) is 33.7 Å². The van der Waals surface area contributed by atoms with E-state index in [2.05, 4.69) is 48.1 Å². The van der Waals surface area contributed by atoms with Crippen molar-refractivity contribution in [2.75, 3.05) is 62.7 Å². The average Bonchev–Trinajstić information content (AvgIpc) is 3.05. The Balaban J connectivity index is 1.41. The summed E-state index contributed by atoms with van der Waals surface area (Å²) in [5.74, 6) is 2.68. The fourth-order valence-electron chi connectivity index (χ4n) is 6.34. The third-order valence-corrected chi connectivity index (χ3v) is 8.50. The minimum Gasteiger partial charge on any atom is -0.497 e. The molecule has 45 heavy (non-hydrogen) atoms. The Labute approximate surface area is 264 Å². The molecule has 236 valence electrons. The minimum absolute atomic E-state index is 0.218. The number of rotatable bonds is 8. The van der Waals surface area contributed by atoms with Crippen molar-refractivity contribution in [3.8, 4) is 17.2 Å². The number of carbonyl (C=O) groups is 1. The van der Waals surface area contributed by atoms with Crippen molar-refractivity contribution in [3.63, 3.8) is 0 Å². The summed E-state index contributed by atoms with van der Waals surface area (Å²) >= 11 is 0. The maximum Gasteiger partial charge on any atom is 0.335 e. The Hall–Kier alpha value is -4.77. The summed E-state index contributed by atoms with van der Waals surface area (Å²) in [5, 5.41) is 3.32. The second-order valence-corrected chi connectivity index (χ2v) is 11.9. The SMILES string of the molecule is COc1ccc(N2C(=O)N(C3=C(C)C=CCC3(C)C)Cc3cnc(Nc4ccc(N5CCOCC5)c(OC)c4)nc32)c(OC)c1. The van der Waals surface area contributed by atoms with Gasteiger partial charge in [0.25, 0.3) is 0 Å². The van der Waals surface area contributed by atoms with Gasteiger partial charge in [-0.1, -0.05) is 26.0 Å². The molecule has 2 amide bonds. The molecule has 1 N–H and O–H groups in total. The topological polar surface area (TPSA) is 102 Å². The number of urea groups is 1. The first-order chi connectivity index (χ1) is 21.7. The predicted octanol–water partition coefficient (Wildman–Crippen LogP) is 6.42. The lowest BCUT2D eigenvalue weighted by Crippen LogP contribution is -2.48. The highest BCUT2D eigenvalue weighted by Gasteiger charge is 2.41. The Morgan fingerprint density at radius 3 is 2.40 bits per heavy atom. The van der Waals surface area contributed by atoms with Crippen LogP contribution in [0.25, 0.3) is 0 Å². The quantitative estimate of drug-likeness (QED) is 0.309. The fourth-order valence-corrected chi connectivity index (χ4v) is 6.34. The lowest BCUT2D eigenvalue weighted by atomic mass is 9.79. The molecule has 0 atom stereocenters. The maximum atomic E-state index is 14.6. The van der Waals surface area contributed by atoms with E-state index in [9.17, 15) is 4.79 Å². The summed E-state index contributed by atoms with van der Waals surface area (Å²) in [6.45, 7) is 9.70. The molecule has 3 aromatic rings. The van der Waals surface area contributed by atoms with E-state index in [1.807, 2.05) is 35.2 Å². The molecule has 0 radical (unpaired) electrons. The van der Waals surface area contributed by atoms with Crippen molar-refractivity contribution in [2.24, 2.45) is 5.41 Å². The molecule has 2 aliphatic heterocycles. The van der Waals surface area contributed by atoms with Crippen LogP contribution in [-0.2, 0) is 11.3 Å². The minimum atomic E-state index is -0.240. The molecule has 6 rings (SSSR count). The van der Waals surface area contributed by atoms with Crippen molar-refractivity contribution in [1.82, 2.24) is 14.9 Å². The first-order valence-corrected chi connectivity index (χ1v) is 15.1. The van der Waals surface area contributed by atoms with Crippen LogP contribution in [-0.4, -0.2) is 68.5 Å². The third kappa shape index (κ3) is 5.75. The number of amides is 2. The smallest absolute Gasteiger partial charge is 0.335 e. The molecule has 1 aliphatic carbocycles. The van der Waals surface area contributed by atoms with Gasteiger partial charge in [0.05, 0.1) is 52.5 Å². The zero-order valence-electron chi connectivity index (χ0n) is 26.7. The fraction of sp³-hybridized carbons (Fsp3) is 0.382. The van der Waals surface area contributed by atoms with Crippen molar-refractivity contribution >= 4 is 34.9 Å². The molecular weight excluding hydrogens is 572 g/mol. The molecule has 3 aliphatic rings. The average molecular weight is 613 g/mol. The highest BCUT2D eigenvalue weighted by atomic mass is 16.5. The second kappa shape index (κ2) is 12.3. The third-order valence-electron chi connectivity index (χ3n) is 8.50. The molecule has 11 heteroatoms. The van der Waals surface area contributed by atoms with Gasteiger partial charge >= 0.3 is 6.03 Å². The summed E-state index contributed by atoms with van der Waals surface area (Å²) in [4.78, 5) is 29.9. The van der Waals surface area contributed by atoms with Crippen molar-refractivity contribution in [1.29, 1.82) is 0 Å². The molecule has 2 aromatic carbocycles. The number of aromatic nitrogens is 2. The van der Waals surface area contributed by atoms with Crippen LogP contribution < -0.4 is 29.3 Å². The van der Waals surface area contributed by atoms with Gasteiger partial charge in [-0.05, 0) is 43.2 Å². The summed E-state index contributed by atoms with van der Waals surface area (Å²) < 4.78 is 22.5. The van der Waals surface area contributed by atoms with Crippen molar-refractivity contribution in [3.05, 3.63) is 71.6 Å². The lowest BCUT2D eigenvalue weighted by Gasteiger charge is -2.43. The van der Waals surface area contributed by atoms with Crippen LogP contribution in [0.5, 0.6) is 17.2 Å². The highest BCUT2D eigenvalue weighted by molar-refractivity contribution is 6.03. The number of nitrogens with zero attached hydrogens (tertiary/aromatic N) is 5. The standard InChI is InChI=1S/C34H40N6O5/c1-22-8-7-13-34(2,3)30(22)39-21-23-20-35-32(36-24-9-11-26(28(18-24)43-5)38-14-16-45-17-15-38)37-31(23)40(33(39)41)27-12-10-25(42-4)19-29(27)44-6/h7-12,18-20H,13-17,21H2,1-6H3,(H,35,36,37). The lowest BCUT2D eigenvalue weighted by molar-refractivity contribution is 0.122. The Morgan fingerprint density at radius 2 is 1.69 bits per heavy atom. The number of carbonyl (C=O) groups excluding carboxylic acids is 1. The number of allylic oxidation sites excluding steroid dienone is 4. The van der Waals surface area contributed by atoms with Crippen LogP contribution >= 0.6 is 0 Å². The normalized spacial score (nSPS) is 17.7. The second-order valence-electron chi connectivity index (χ2n) is 11.9. The van der Waals surface area contributed by atoms with Gasteiger partial charge in [-0.15, -0.1) is 0 Å². The van der Waals surface area contributed by atoms with Gasteiger partial charge < -0.3 is 29.2 Å². The summed E-state index contributed by atoms with van der Waals surface area (Å²) in [6.07, 6.45) is 6.86.